The SMILES string of the molecule is CC(c1noc(CNC2CC2)n1)S(C)(=O)=O. The summed E-state index contributed by atoms with van der Waals surface area (Å²) in [6.07, 6.45) is 3.53. The van der Waals surface area contributed by atoms with Crippen molar-refractivity contribution in [3.8, 4) is 0 Å². The predicted octanol–water partition coefficient (Wildman–Crippen LogP) is 0.427. The minimum absolute atomic E-state index is 0.232. The average Bonchev–Trinajstić information content (AvgIpc) is 2.91. The molecule has 1 saturated carbocycles. The van der Waals surface area contributed by atoms with Crippen LogP contribution in [0, 0.1) is 0 Å². The first-order chi connectivity index (χ1) is 7.47. The van der Waals surface area contributed by atoms with E-state index in [9.17, 15) is 8.42 Å². The molecule has 0 aromatic carbocycles. The summed E-state index contributed by atoms with van der Waals surface area (Å²) in [6.45, 7) is 2.06. The average molecular weight is 245 g/mol. The van der Waals surface area contributed by atoms with Gasteiger partial charge in [0.15, 0.2) is 15.7 Å². The number of sulfone groups is 1. The first-order valence-electron chi connectivity index (χ1n) is 5.21. The lowest BCUT2D eigenvalue weighted by atomic mass is 10.4. The van der Waals surface area contributed by atoms with Gasteiger partial charge in [0.25, 0.3) is 0 Å². The molecule has 1 aliphatic rings. The number of hydrogen-bond acceptors (Lipinski definition) is 6. The highest BCUT2D eigenvalue weighted by atomic mass is 32.2. The molecule has 0 amide bonds. The van der Waals surface area contributed by atoms with Crippen molar-refractivity contribution >= 4 is 9.84 Å². The molecule has 16 heavy (non-hydrogen) atoms. The predicted molar refractivity (Wildman–Crippen MR) is 57.4 cm³/mol. The molecule has 2 rings (SSSR count). The van der Waals surface area contributed by atoms with Gasteiger partial charge in [0, 0.05) is 12.3 Å². The lowest BCUT2D eigenvalue weighted by molar-refractivity contribution is 0.362. The van der Waals surface area contributed by atoms with Gasteiger partial charge in [-0.2, -0.15) is 4.98 Å². The normalized spacial score (nSPS) is 18.6. The van der Waals surface area contributed by atoms with Gasteiger partial charge < -0.3 is 9.84 Å². The van der Waals surface area contributed by atoms with Crippen molar-refractivity contribution in [3.05, 3.63) is 11.7 Å². The standard InChI is InChI=1S/C9H15N3O3S/c1-6(16(2,13)14)9-11-8(15-12-9)5-10-7-3-4-7/h6-7,10H,3-5H2,1-2H3. The maximum Gasteiger partial charge on any atom is 0.240 e. The van der Waals surface area contributed by atoms with E-state index in [4.69, 9.17) is 4.52 Å². The third-order valence-electron chi connectivity index (χ3n) is 2.61. The minimum atomic E-state index is -3.17. The molecule has 0 spiro atoms. The Hall–Kier alpha value is -0.950. The fourth-order valence-electron chi connectivity index (χ4n) is 1.22. The van der Waals surface area contributed by atoms with Crippen LogP contribution in [0.25, 0.3) is 0 Å². The maximum absolute atomic E-state index is 11.3. The van der Waals surface area contributed by atoms with E-state index in [-0.39, 0.29) is 5.82 Å². The molecule has 0 radical (unpaired) electrons. The van der Waals surface area contributed by atoms with Crippen LogP contribution >= 0.6 is 0 Å². The van der Waals surface area contributed by atoms with Crippen LogP contribution in [0.2, 0.25) is 0 Å². The summed E-state index contributed by atoms with van der Waals surface area (Å²) in [5.41, 5.74) is 0. The molecule has 1 atom stereocenters. The topological polar surface area (TPSA) is 85.1 Å². The van der Waals surface area contributed by atoms with Gasteiger partial charge in [-0.05, 0) is 19.8 Å². The molecule has 0 saturated heterocycles. The van der Waals surface area contributed by atoms with Gasteiger partial charge >= 0.3 is 0 Å². The van der Waals surface area contributed by atoms with Crippen molar-refractivity contribution in [2.75, 3.05) is 6.26 Å². The van der Waals surface area contributed by atoms with Gasteiger partial charge in [0.05, 0.1) is 6.54 Å². The summed E-state index contributed by atoms with van der Waals surface area (Å²) < 4.78 is 27.5. The third-order valence-corrected chi connectivity index (χ3v) is 4.10. The van der Waals surface area contributed by atoms with E-state index in [2.05, 4.69) is 15.5 Å². The van der Waals surface area contributed by atoms with Gasteiger partial charge in [-0.25, -0.2) is 8.42 Å². The van der Waals surface area contributed by atoms with Crippen LogP contribution in [0.5, 0.6) is 0 Å². The molecule has 1 fully saturated rings. The fraction of sp³-hybridized carbons (Fsp3) is 0.778. The van der Waals surface area contributed by atoms with Crippen LogP contribution in [0.3, 0.4) is 0 Å². The van der Waals surface area contributed by atoms with E-state index in [1.54, 1.807) is 6.92 Å². The largest absolute Gasteiger partial charge is 0.338 e. The summed E-state index contributed by atoms with van der Waals surface area (Å²) in [7, 11) is -3.17. The van der Waals surface area contributed by atoms with Crippen molar-refractivity contribution in [3.63, 3.8) is 0 Å². The third kappa shape index (κ3) is 2.79. The van der Waals surface area contributed by atoms with Gasteiger partial charge in [-0.3, -0.25) is 0 Å². The Labute approximate surface area is 94.3 Å². The monoisotopic (exact) mass is 245 g/mol. The van der Waals surface area contributed by atoms with Crippen LogP contribution in [0.1, 0.15) is 36.7 Å². The van der Waals surface area contributed by atoms with Crippen LogP contribution in [0.15, 0.2) is 4.52 Å². The number of nitrogens with zero attached hydrogens (tertiary/aromatic N) is 2. The molecular weight excluding hydrogens is 230 g/mol. The summed E-state index contributed by atoms with van der Waals surface area (Å²) in [6, 6.07) is 0.558. The molecule has 7 heteroatoms. The first-order valence-corrected chi connectivity index (χ1v) is 7.17. The Kier molecular flexibility index (Phi) is 2.98. The van der Waals surface area contributed by atoms with E-state index in [0.717, 1.165) is 6.26 Å². The molecule has 90 valence electrons. The quantitative estimate of drug-likeness (QED) is 0.809. The minimum Gasteiger partial charge on any atom is -0.338 e. The number of aromatic nitrogens is 2. The second kappa shape index (κ2) is 4.14. The lowest BCUT2D eigenvalue weighted by Crippen LogP contribution is -2.15. The van der Waals surface area contributed by atoms with Gasteiger partial charge in [-0.1, -0.05) is 5.16 Å². The number of nitrogens with one attached hydrogen (secondary N) is 1. The van der Waals surface area contributed by atoms with Gasteiger partial charge in [0.2, 0.25) is 5.89 Å². The maximum atomic E-state index is 11.3. The van der Waals surface area contributed by atoms with Gasteiger partial charge in [0.1, 0.15) is 5.25 Å². The smallest absolute Gasteiger partial charge is 0.240 e. The summed E-state index contributed by atoms with van der Waals surface area (Å²) in [5.74, 6) is 0.674. The van der Waals surface area contributed by atoms with E-state index in [1.807, 2.05) is 0 Å². The molecule has 1 aromatic heterocycles. The molecule has 6 nitrogen and oxygen atoms in total. The molecule has 0 aliphatic heterocycles. The van der Waals surface area contributed by atoms with Crippen LogP contribution in [-0.4, -0.2) is 30.9 Å². The first kappa shape index (κ1) is 11.5. The number of hydrogen-bond donors (Lipinski definition) is 1. The van der Waals surface area contributed by atoms with E-state index in [1.165, 1.54) is 12.8 Å². The number of rotatable bonds is 5. The molecule has 1 N–H and O–H groups in total. The zero-order valence-corrected chi connectivity index (χ0v) is 10.1. The Morgan fingerprint density at radius 1 is 1.56 bits per heavy atom. The van der Waals surface area contributed by atoms with Crippen molar-refractivity contribution in [2.24, 2.45) is 0 Å². The highest BCUT2D eigenvalue weighted by Gasteiger charge is 2.24. The Morgan fingerprint density at radius 3 is 2.81 bits per heavy atom. The summed E-state index contributed by atoms with van der Waals surface area (Å²) in [5, 5.41) is 6.18. The van der Waals surface area contributed by atoms with E-state index >= 15 is 0 Å². The fourth-order valence-corrected chi connectivity index (χ4v) is 1.69. The second-order valence-electron chi connectivity index (χ2n) is 4.17. The molecular formula is C9H15N3O3S. The zero-order chi connectivity index (χ0) is 11.8. The molecule has 1 aliphatic carbocycles. The van der Waals surface area contributed by atoms with Crippen LogP contribution in [-0.2, 0) is 16.4 Å². The highest BCUT2D eigenvalue weighted by Crippen LogP contribution is 2.20. The van der Waals surface area contributed by atoms with Crippen molar-refractivity contribution in [1.82, 2.24) is 15.5 Å². The highest BCUT2D eigenvalue weighted by molar-refractivity contribution is 7.90. The Balaban J connectivity index is 2.00. The molecule has 1 heterocycles. The zero-order valence-electron chi connectivity index (χ0n) is 9.30. The molecule has 1 aromatic rings. The van der Waals surface area contributed by atoms with Crippen LogP contribution in [0.4, 0.5) is 0 Å². The Bertz CT molecular complexity index is 464. The summed E-state index contributed by atoms with van der Waals surface area (Å²) >= 11 is 0. The molecule has 0 bridgehead atoms. The van der Waals surface area contributed by atoms with Crippen LogP contribution < -0.4 is 5.32 Å². The molecule has 1 unspecified atom stereocenters. The van der Waals surface area contributed by atoms with Crippen molar-refractivity contribution < 1.29 is 12.9 Å². The van der Waals surface area contributed by atoms with Crippen molar-refractivity contribution in [1.29, 1.82) is 0 Å². The second-order valence-corrected chi connectivity index (χ2v) is 6.54. The summed E-state index contributed by atoms with van der Waals surface area (Å²) in [4.78, 5) is 4.06. The van der Waals surface area contributed by atoms with Crippen molar-refractivity contribution in [2.45, 2.75) is 37.6 Å². The Morgan fingerprint density at radius 2 is 2.25 bits per heavy atom. The van der Waals surface area contributed by atoms with E-state index in [0.29, 0.717) is 18.5 Å². The van der Waals surface area contributed by atoms with E-state index < -0.39 is 15.1 Å². The van der Waals surface area contributed by atoms with Gasteiger partial charge in [-0.15, -0.1) is 0 Å². The lowest BCUT2D eigenvalue weighted by Gasteiger charge is -2.01.